The Bertz CT molecular complexity index is 972. The van der Waals surface area contributed by atoms with Crippen LogP contribution in [0.4, 0.5) is 0 Å². The summed E-state index contributed by atoms with van der Waals surface area (Å²) in [7, 11) is 0. The van der Waals surface area contributed by atoms with Crippen LogP contribution in [-0.4, -0.2) is 20.6 Å². The van der Waals surface area contributed by atoms with Crippen LogP contribution in [0.3, 0.4) is 0 Å². The third-order valence-corrected chi connectivity index (χ3v) is 4.00. The molecule has 24 heavy (non-hydrogen) atoms. The first-order chi connectivity index (χ1) is 11.5. The maximum atomic E-state index is 12.5. The van der Waals surface area contributed by atoms with E-state index in [1.54, 1.807) is 13.8 Å². The number of nitrogens with zero attached hydrogens (tertiary/aromatic N) is 3. The van der Waals surface area contributed by atoms with E-state index in [2.05, 4.69) is 15.5 Å². The fourth-order valence-electron chi connectivity index (χ4n) is 2.56. The summed E-state index contributed by atoms with van der Waals surface area (Å²) in [4.78, 5) is 29.0. The molecular formula is C17H18N4O3. The number of aromatic nitrogens is 3. The first kappa shape index (κ1) is 15.9. The van der Waals surface area contributed by atoms with Gasteiger partial charge in [-0.2, -0.15) is 4.98 Å². The minimum Gasteiger partial charge on any atom is -0.350 e. The molecule has 0 spiro atoms. The molecule has 124 valence electrons. The van der Waals surface area contributed by atoms with Gasteiger partial charge in [-0.1, -0.05) is 29.4 Å². The van der Waals surface area contributed by atoms with Crippen LogP contribution in [-0.2, 0) is 17.9 Å². The summed E-state index contributed by atoms with van der Waals surface area (Å²) in [5.41, 5.74) is 2.50. The number of amides is 1. The molecule has 7 heteroatoms. The minimum absolute atomic E-state index is 0.0931. The van der Waals surface area contributed by atoms with Crippen molar-refractivity contribution in [2.75, 3.05) is 0 Å². The second-order valence-electron chi connectivity index (χ2n) is 5.70. The maximum Gasteiger partial charge on any atom is 0.267 e. The molecule has 0 saturated carbocycles. The van der Waals surface area contributed by atoms with Gasteiger partial charge in [-0.15, -0.1) is 0 Å². The second kappa shape index (κ2) is 6.27. The summed E-state index contributed by atoms with van der Waals surface area (Å²) < 4.78 is 6.35. The van der Waals surface area contributed by atoms with Crippen molar-refractivity contribution in [1.29, 1.82) is 0 Å². The number of carbonyl (C=O) groups excluding carboxylic acids is 1. The topological polar surface area (TPSA) is 90.0 Å². The Morgan fingerprint density at radius 3 is 2.75 bits per heavy atom. The minimum atomic E-state index is -0.317. The van der Waals surface area contributed by atoms with Crippen molar-refractivity contribution in [3.05, 3.63) is 57.3 Å². The van der Waals surface area contributed by atoms with E-state index in [1.165, 1.54) is 4.57 Å². The first-order valence-corrected chi connectivity index (χ1v) is 7.62. The summed E-state index contributed by atoms with van der Waals surface area (Å²) >= 11 is 0. The average Bonchev–Trinajstić information content (AvgIpc) is 2.91. The van der Waals surface area contributed by atoms with Crippen molar-refractivity contribution in [1.82, 2.24) is 20.0 Å². The zero-order valence-corrected chi connectivity index (χ0v) is 13.8. The number of hydrogen-bond acceptors (Lipinski definition) is 5. The fraction of sp³-hybridized carbons (Fsp3) is 0.294. The number of hydrogen-bond donors (Lipinski definition) is 1. The highest BCUT2D eigenvalue weighted by molar-refractivity contribution is 5.77. The molecule has 0 radical (unpaired) electrons. The Morgan fingerprint density at radius 2 is 2.00 bits per heavy atom. The molecule has 3 aromatic rings. The highest BCUT2D eigenvalue weighted by Gasteiger charge is 2.16. The van der Waals surface area contributed by atoms with Gasteiger partial charge in [0.2, 0.25) is 5.91 Å². The van der Waals surface area contributed by atoms with Crippen LogP contribution < -0.4 is 10.9 Å². The Morgan fingerprint density at radius 1 is 1.25 bits per heavy atom. The smallest absolute Gasteiger partial charge is 0.267 e. The van der Waals surface area contributed by atoms with E-state index >= 15 is 0 Å². The zero-order valence-electron chi connectivity index (χ0n) is 13.8. The highest BCUT2D eigenvalue weighted by Crippen LogP contribution is 2.11. The van der Waals surface area contributed by atoms with E-state index in [9.17, 15) is 9.59 Å². The predicted molar refractivity (Wildman–Crippen MR) is 88.6 cm³/mol. The van der Waals surface area contributed by atoms with Gasteiger partial charge in [-0.05, 0) is 31.9 Å². The lowest BCUT2D eigenvalue weighted by Crippen LogP contribution is -2.33. The normalized spacial score (nSPS) is 11.0. The van der Waals surface area contributed by atoms with Gasteiger partial charge in [0.25, 0.3) is 11.3 Å². The Balaban J connectivity index is 1.79. The summed E-state index contributed by atoms with van der Waals surface area (Å²) in [5, 5.41) is 6.90. The zero-order chi connectivity index (χ0) is 17.3. The van der Waals surface area contributed by atoms with Crippen LogP contribution in [0, 0.1) is 20.8 Å². The SMILES string of the molecule is Cc1ccccc1CNC(=O)Cn1c(C)nc2onc(C)c2c1=O. The van der Waals surface area contributed by atoms with E-state index in [0.29, 0.717) is 23.4 Å². The number of rotatable bonds is 4. The van der Waals surface area contributed by atoms with Gasteiger partial charge in [0, 0.05) is 6.54 Å². The van der Waals surface area contributed by atoms with Crippen molar-refractivity contribution in [3.8, 4) is 0 Å². The molecule has 0 atom stereocenters. The average molecular weight is 326 g/mol. The van der Waals surface area contributed by atoms with E-state index in [0.717, 1.165) is 11.1 Å². The molecule has 0 aliphatic rings. The van der Waals surface area contributed by atoms with Crippen molar-refractivity contribution in [3.63, 3.8) is 0 Å². The predicted octanol–water partition coefficient (Wildman–Crippen LogP) is 1.63. The summed E-state index contributed by atoms with van der Waals surface area (Å²) in [5.74, 6) is 0.161. The molecule has 1 amide bonds. The van der Waals surface area contributed by atoms with E-state index in [1.807, 2.05) is 31.2 Å². The van der Waals surface area contributed by atoms with Gasteiger partial charge >= 0.3 is 0 Å². The molecule has 2 aromatic heterocycles. The van der Waals surface area contributed by atoms with Crippen LogP contribution in [0.2, 0.25) is 0 Å². The van der Waals surface area contributed by atoms with Crippen LogP contribution >= 0.6 is 0 Å². The van der Waals surface area contributed by atoms with Gasteiger partial charge in [0.1, 0.15) is 17.8 Å². The van der Waals surface area contributed by atoms with Gasteiger partial charge in [0.15, 0.2) is 0 Å². The molecule has 7 nitrogen and oxygen atoms in total. The lowest BCUT2D eigenvalue weighted by Gasteiger charge is -2.10. The molecule has 1 aromatic carbocycles. The number of fused-ring (bicyclic) bond motifs is 1. The van der Waals surface area contributed by atoms with Crippen molar-refractivity contribution in [2.24, 2.45) is 0 Å². The van der Waals surface area contributed by atoms with Crippen LogP contribution in [0.1, 0.15) is 22.6 Å². The summed E-state index contributed by atoms with van der Waals surface area (Å²) in [6.45, 7) is 5.65. The fourth-order valence-corrected chi connectivity index (χ4v) is 2.56. The van der Waals surface area contributed by atoms with Crippen molar-refractivity contribution in [2.45, 2.75) is 33.9 Å². The second-order valence-corrected chi connectivity index (χ2v) is 5.70. The number of nitrogens with one attached hydrogen (secondary N) is 1. The van der Waals surface area contributed by atoms with Crippen LogP contribution in [0.15, 0.2) is 33.6 Å². The highest BCUT2D eigenvalue weighted by atomic mass is 16.5. The molecule has 0 unspecified atom stereocenters. The molecule has 0 saturated heterocycles. The summed E-state index contributed by atoms with van der Waals surface area (Å²) in [6, 6.07) is 7.82. The number of carbonyl (C=O) groups is 1. The maximum absolute atomic E-state index is 12.5. The number of aryl methyl sites for hydroxylation is 3. The van der Waals surface area contributed by atoms with Crippen molar-refractivity contribution < 1.29 is 9.32 Å². The largest absolute Gasteiger partial charge is 0.350 e. The van der Waals surface area contributed by atoms with E-state index < -0.39 is 0 Å². The molecule has 0 bridgehead atoms. The van der Waals surface area contributed by atoms with Gasteiger partial charge in [-0.25, -0.2) is 0 Å². The molecule has 0 fully saturated rings. The van der Waals surface area contributed by atoms with Crippen LogP contribution in [0.5, 0.6) is 0 Å². The Kier molecular flexibility index (Phi) is 4.16. The molecule has 3 rings (SSSR count). The molecule has 0 aliphatic carbocycles. The third kappa shape index (κ3) is 2.92. The molecule has 0 aliphatic heterocycles. The Labute approximate surface area is 138 Å². The van der Waals surface area contributed by atoms with Gasteiger partial charge in [0.05, 0.1) is 5.69 Å². The standard InChI is InChI=1S/C17H18N4O3/c1-10-6-4-5-7-13(10)8-18-14(22)9-21-12(3)19-16-15(17(21)23)11(2)20-24-16/h4-7H,8-9H2,1-3H3,(H,18,22). The van der Waals surface area contributed by atoms with Gasteiger partial charge < -0.3 is 9.84 Å². The number of benzene rings is 1. The van der Waals surface area contributed by atoms with E-state index in [-0.39, 0.29) is 23.7 Å². The summed E-state index contributed by atoms with van der Waals surface area (Å²) in [6.07, 6.45) is 0. The lowest BCUT2D eigenvalue weighted by atomic mass is 10.1. The molecule has 1 N–H and O–H groups in total. The quantitative estimate of drug-likeness (QED) is 0.787. The molecule has 2 heterocycles. The van der Waals surface area contributed by atoms with Crippen LogP contribution in [0.25, 0.3) is 11.1 Å². The first-order valence-electron chi connectivity index (χ1n) is 7.62. The monoisotopic (exact) mass is 326 g/mol. The lowest BCUT2D eigenvalue weighted by molar-refractivity contribution is -0.121. The van der Waals surface area contributed by atoms with Crippen molar-refractivity contribution >= 4 is 17.0 Å². The third-order valence-electron chi connectivity index (χ3n) is 4.00. The Hall–Kier alpha value is -2.96. The van der Waals surface area contributed by atoms with Gasteiger partial charge in [-0.3, -0.25) is 14.2 Å². The molecular weight excluding hydrogens is 308 g/mol. The van der Waals surface area contributed by atoms with E-state index in [4.69, 9.17) is 4.52 Å².